The summed E-state index contributed by atoms with van der Waals surface area (Å²) in [4.78, 5) is 25.8. The van der Waals surface area contributed by atoms with Crippen LogP contribution in [0, 0.1) is 11.3 Å². The van der Waals surface area contributed by atoms with Crippen molar-refractivity contribution in [3.63, 3.8) is 0 Å². The second-order valence-corrected chi connectivity index (χ2v) is 8.06. The highest BCUT2D eigenvalue weighted by Gasteiger charge is 2.46. The first kappa shape index (κ1) is 18.7. The summed E-state index contributed by atoms with van der Waals surface area (Å²) in [6.45, 7) is 8.01. The highest BCUT2D eigenvalue weighted by Crippen LogP contribution is 2.47. The molecule has 5 heteroatoms. The van der Waals surface area contributed by atoms with E-state index in [2.05, 4.69) is 11.4 Å². The van der Waals surface area contributed by atoms with E-state index >= 15 is 0 Å². The number of nitrogens with one attached hydrogen (secondary N) is 1. The third-order valence-corrected chi connectivity index (χ3v) is 5.18. The molecule has 2 unspecified atom stereocenters. The van der Waals surface area contributed by atoms with Crippen LogP contribution >= 0.6 is 11.6 Å². The fraction of sp³-hybridized carbons (Fsp3) is 0.429. The Hall–Kier alpha value is -2.07. The maximum atomic E-state index is 13.1. The third-order valence-electron chi connectivity index (χ3n) is 4.94. The molecule has 0 spiro atoms. The van der Waals surface area contributed by atoms with Gasteiger partial charge in [0.25, 0.3) is 0 Å². The second kappa shape index (κ2) is 6.92. The number of rotatable bonds is 3. The highest BCUT2D eigenvalue weighted by atomic mass is 35.5. The second-order valence-electron chi connectivity index (χ2n) is 7.63. The van der Waals surface area contributed by atoms with Gasteiger partial charge in [-0.15, -0.1) is 0 Å². The number of carbonyl (C=O) groups excluding carboxylic acids is 2. The number of carbonyl (C=O) groups is 2. The molecule has 1 N–H and O–H groups in total. The molecule has 1 aromatic carbocycles. The van der Waals surface area contributed by atoms with E-state index in [1.54, 1.807) is 13.0 Å². The number of allylic oxidation sites excluding steroid dienone is 3. The highest BCUT2D eigenvalue weighted by molar-refractivity contribution is 6.30. The molecule has 0 fully saturated rings. The van der Waals surface area contributed by atoms with Crippen LogP contribution in [0.3, 0.4) is 0 Å². The third kappa shape index (κ3) is 3.43. The van der Waals surface area contributed by atoms with Crippen LogP contribution in [0.2, 0.25) is 5.02 Å². The van der Waals surface area contributed by atoms with Crippen LogP contribution in [-0.2, 0) is 14.3 Å². The van der Waals surface area contributed by atoms with Crippen LogP contribution in [0.4, 0.5) is 0 Å². The predicted octanol–water partition coefficient (Wildman–Crippen LogP) is 4.36. The first-order valence-corrected chi connectivity index (χ1v) is 9.27. The summed E-state index contributed by atoms with van der Waals surface area (Å²) in [5.41, 5.74) is 2.73. The molecule has 0 amide bonds. The van der Waals surface area contributed by atoms with Crippen molar-refractivity contribution in [2.45, 2.75) is 40.0 Å². The molecule has 0 radical (unpaired) electrons. The van der Waals surface area contributed by atoms with Crippen molar-refractivity contribution in [3.8, 4) is 0 Å². The topological polar surface area (TPSA) is 55.4 Å². The van der Waals surface area contributed by atoms with Gasteiger partial charge in [-0.25, -0.2) is 4.79 Å². The van der Waals surface area contributed by atoms with Gasteiger partial charge >= 0.3 is 5.97 Å². The first-order chi connectivity index (χ1) is 12.2. The Kier molecular flexibility index (Phi) is 4.98. The molecule has 3 rings (SSSR count). The normalized spacial score (nSPS) is 24.5. The van der Waals surface area contributed by atoms with Gasteiger partial charge in [0.15, 0.2) is 0 Å². The zero-order valence-electron chi connectivity index (χ0n) is 15.6. The largest absolute Gasteiger partial charge is 0.463 e. The molecule has 1 heterocycles. The molecule has 2 atom stereocenters. The van der Waals surface area contributed by atoms with E-state index in [9.17, 15) is 9.59 Å². The molecule has 0 saturated carbocycles. The number of esters is 1. The Bertz CT molecular complexity index is 822. The number of hydrogen-bond acceptors (Lipinski definition) is 4. The lowest BCUT2D eigenvalue weighted by Crippen LogP contribution is -2.43. The molecule has 4 nitrogen and oxygen atoms in total. The van der Waals surface area contributed by atoms with Crippen molar-refractivity contribution in [2.24, 2.45) is 11.3 Å². The van der Waals surface area contributed by atoms with Gasteiger partial charge in [0.1, 0.15) is 5.78 Å². The Balaban J connectivity index is 2.20. The van der Waals surface area contributed by atoms with Crippen molar-refractivity contribution in [1.29, 1.82) is 0 Å². The lowest BCUT2D eigenvalue weighted by molar-refractivity contribution is -0.139. The number of ether oxygens (including phenoxy) is 1. The van der Waals surface area contributed by atoms with Crippen LogP contribution < -0.4 is 5.32 Å². The minimum Gasteiger partial charge on any atom is -0.463 e. The maximum Gasteiger partial charge on any atom is 0.336 e. The van der Waals surface area contributed by atoms with Gasteiger partial charge in [-0.2, -0.15) is 0 Å². The lowest BCUT2D eigenvalue weighted by Gasteiger charge is -2.41. The van der Waals surface area contributed by atoms with Gasteiger partial charge < -0.3 is 10.1 Å². The van der Waals surface area contributed by atoms with Crippen LogP contribution in [-0.4, -0.2) is 18.4 Å². The summed E-state index contributed by atoms with van der Waals surface area (Å²) in [5, 5.41) is 3.87. The van der Waals surface area contributed by atoms with Crippen LogP contribution in [0.5, 0.6) is 0 Å². The molecule has 2 aliphatic rings. The quantitative estimate of drug-likeness (QED) is 0.799. The van der Waals surface area contributed by atoms with Crippen molar-refractivity contribution in [3.05, 3.63) is 57.9 Å². The van der Waals surface area contributed by atoms with Gasteiger partial charge in [-0.3, -0.25) is 4.79 Å². The molecule has 1 aliphatic heterocycles. The van der Waals surface area contributed by atoms with E-state index in [1.807, 2.05) is 39.0 Å². The van der Waals surface area contributed by atoms with E-state index in [0.717, 1.165) is 17.0 Å². The number of Topliss-reactive ketones (excluding diaryl/α,β-unsaturated/α-hetero) is 1. The number of halogens is 1. The van der Waals surface area contributed by atoms with Crippen molar-refractivity contribution >= 4 is 23.4 Å². The Labute approximate surface area is 159 Å². The molecular formula is C21H24ClNO3. The molecular weight excluding hydrogens is 350 g/mol. The fourth-order valence-corrected chi connectivity index (χ4v) is 4.20. The SMILES string of the molecule is CCOC(=O)C1=C(C)NC2=CC(C)(C)CC(=O)C2C1c1cccc(Cl)c1. The molecule has 138 valence electrons. The van der Waals surface area contributed by atoms with Crippen LogP contribution in [0.1, 0.15) is 45.6 Å². The number of benzene rings is 1. The summed E-state index contributed by atoms with van der Waals surface area (Å²) in [6, 6.07) is 7.38. The molecule has 1 aliphatic carbocycles. The lowest BCUT2D eigenvalue weighted by atomic mass is 9.66. The standard InChI is InChI=1S/C21H24ClNO3/c1-5-26-20(25)17-12(2)23-15-10-21(3,4)11-16(24)19(15)18(17)13-7-6-8-14(22)9-13/h6-10,18-19,23H,5,11H2,1-4H3. The molecule has 0 saturated heterocycles. The summed E-state index contributed by atoms with van der Waals surface area (Å²) in [5.74, 6) is -1.09. The summed E-state index contributed by atoms with van der Waals surface area (Å²) in [7, 11) is 0. The van der Waals surface area contributed by atoms with Crippen LogP contribution in [0.15, 0.2) is 47.3 Å². The zero-order valence-corrected chi connectivity index (χ0v) is 16.3. The Morgan fingerprint density at radius 3 is 2.73 bits per heavy atom. The minimum atomic E-state index is -0.426. The maximum absolute atomic E-state index is 13.1. The minimum absolute atomic E-state index is 0.124. The van der Waals surface area contributed by atoms with Gasteiger partial charge in [-0.1, -0.05) is 43.7 Å². The number of hydrogen-bond donors (Lipinski definition) is 1. The summed E-state index contributed by atoms with van der Waals surface area (Å²) < 4.78 is 5.29. The monoisotopic (exact) mass is 373 g/mol. The van der Waals surface area contributed by atoms with Crippen molar-refractivity contribution < 1.29 is 14.3 Å². The zero-order chi connectivity index (χ0) is 19.1. The predicted molar refractivity (Wildman–Crippen MR) is 102 cm³/mol. The van der Waals surface area contributed by atoms with E-state index in [4.69, 9.17) is 16.3 Å². The average molecular weight is 374 g/mol. The smallest absolute Gasteiger partial charge is 0.336 e. The number of ketones is 1. The van der Waals surface area contributed by atoms with Gasteiger partial charge in [-0.05, 0) is 37.0 Å². The summed E-state index contributed by atoms with van der Waals surface area (Å²) in [6.07, 6.45) is 2.55. The summed E-state index contributed by atoms with van der Waals surface area (Å²) >= 11 is 6.20. The van der Waals surface area contributed by atoms with E-state index in [0.29, 0.717) is 17.0 Å². The molecule has 0 aromatic heterocycles. The van der Waals surface area contributed by atoms with E-state index in [-0.39, 0.29) is 23.8 Å². The van der Waals surface area contributed by atoms with Gasteiger partial charge in [0.2, 0.25) is 0 Å². The van der Waals surface area contributed by atoms with Gasteiger partial charge in [0, 0.05) is 28.8 Å². The van der Waals surface area contributed by atoms with E-state index < -0.39 is 11.8 Å². The number of fused-ring (bicyclic) bond motifs is 1. The molecule has 0 bridgehead atoms. The Morgan fingerprint density at radius 2 is 2.08 bits per heavy atom. The first-order valence-electron chi connectivity index (χ1n) is 8.89. The van der Waals surface area contributed by atoms with E-state index in [1.165, 1.54) is 0 Å². The van der Waals surface area contributed by atoms with Crippen molar-refractivity contribution in [2.75, 3.05) is 6.61 Å². The van der Waals surface area contributed by atoms with Gasteiger partial charge in [0.05, 0.1) is 18.1 Å². The molecule has 26 heavy (non-hydrogen) atoms. The Morgan fingerprint density at radius 1 is 1.35 bits per heavy atom. The van der Waals surface area contributed by atoms with Crippen LogP contribution in [0.25, 0.3) is 0 Å². The average Bonchev–Trinajstić information content (AvgIpc) is 2.52. The van der Waals surface area contributed by atoms with Crippen molar-refractivity contribution in [1.82, 2.24) is 5.32 Å². The fourth-order valence-electron chi connectivity index (χ4n) is 4.01. The molecule has 1 aromatic rings.